The number of aliphatic hydroxyl groups excluding tert-OH is 2. The molecule has 0 aromatic carbocycles. The Morgan fingerprint density at radius 3 is 2.00 bits per heavy atom. The minimum atomic E-state index is -0.935. The Bertz CT molecular complexity index is 240. The molecule has 3 N–H and O–H groups in total. The quantitative estimate of drug-likeness (QED) is 0.553. The van der Waals surface area contributed by atoms with Crippen molar-refractivity contribution in [1.82, 2.24) is 0 Å². The molecule has 0 spiro atoms. The summed E-state index contributed by atoms with van der Waals surface area (Å²) in [5.74, 6) is -0.935. The SMILES string of the molecule is C=C(C)C(=O)O.CCC(O)COC(C)COC(C)CO. The van der Waals surface area contributed by atoms with E-state index >= 15 is 0 Å². The van der Waals surface area contributed by atoms with E-state index in [1.165, 1.54) is 6.92 Å². The standard InChI is InChI=1S/C10H22O4.C4H6O2/c1-4-10(12)7-14-9(3)6-13-8(2)5-11;1-3(2)4(5)6/h8-12H,4-7H2,1-3H3;1H2,2H3,(H,5,6). The molecule has 0 heterocycles. The van der Waals surface area contributed by atoms with E-state index in [4.69, 9.17) is 19.7 Å². The molecule has 0 rings (SSSR count). The topological polar surface area (TPSA) is 96.2 Å². The molecule has 0 saturated heterocycles. The molecule has 0 aliphatic rings. The first kappa shape index (κ1) is 21.4. The van der Waals surface area contributed by atoms with E-state index in [2.05, 4.69) is 6.58 Å². The molecule has 0 aromatic heterocycles. The van der Waals surface area contributed by atoms with Gasteiger partial charge in [-0.2, -0.15) is 0 Å². The largest absolute Gasteiger partial charge is 0.478 e. The van der Waals surface area contributed by atoms with Gasteiger partial charge < -0.3 is 24.8 Å². The molecule has 20 heavy (non-hydrogen) atoms. The maximum atomic E-state index is 9.60. The van der Waals surface area contributed by atoms with Crippen LogP contribution in [0.15, 0.2) is 12.2 Å². The van der Waals surface area contributed by atoms with Crippen LogP contribution in [0.5, 0.6) is 0 Å². The summed E-state index contributed by atoms with van der Waals surface area (Å²) in [4.78, 5) is 9.60. The lowest BCUT2D eigenvalue weighted by Gasteiger charge is -2.17. The van der Waals surface area contributed by atoms with Crippen LogP contribution in [-0.2, 0) is 14.3 Å². The second kappa shape index (κ2) is 13.1. The molecule has 0 radical (unpaired) electrons. The number of hydrogen-bond acceptors (Lipinski definition) is 5. The Morgan fingerprint density at radius 2 is 1.65 bits per heavy atom. The lowest BCUT2D eigenvalue weighted by atomic mass is 10.3. The fourth-order valence-corrected chi connectivity index (χ4v) is 0.794. The van der Waals surface area contributed by atoms with Crippen LogP contribution >= 0.6 is 0 Å². The van der Waals surface area contributed by atoms with Crippen LogP contribution in [0.1, 0.15) is 34.1 Å². The van der Waals surface area contributed by atoms with Gasteiger partial charge in [0, 0.05) is 5.57 Å². The average Bonchev–Trinajstić information content (AvgIpc) is 2.42. The summed E-state index contributed by atoms with van der Waals surface area (Å²) in [7, 11) is 0. The Balaban J connectivity index is 0. The number of ether oxygens (including phenoxy) is 2. The summed E-state index contributed by atoms with van der Waals surface area (Å²) < 4.78 is 10.6. The molecule has 0 aliphatic heterocycles. The summed E-state index contributed by atoms with van der Waals surface area (Å²) >= 11 is 0. The summed E-state index contributed by atoms with van der Waals surface area (Å²) in [5.41, 5.74) is 0.176. The summed E-state index contributed by atoms with van der Waals surface area (Å²) in [5, 5.41) is 25.8. The number of carboxylic acid groups (broad SMARTS) is 1. The molecule has 6 heteroatoms. The van der Waals surface area contributed by atoms with E-state index in [1.807, 2.05) is 13.8 Å². The third-order valence-electron chi connectivity index (χ3n) is 2.28. The zero-order valence-electron chi connectivity index (χ0n) is 12.8. The summed E-state index contributed by atoms with van der Waals surface area (Å²) in [6.45, 7) is 11.0. The lowest BCUT2D eigenvalue weighted by molar-refractivity contribution is -0.132. The van der Waals surface area contributed by atoms with Crippen molar-refractivity contribution in [3.05, 3.63) is 12.2 Å². The van der Waals surface area contributed by atoms with Gasteiger partial charge in [0.25, 0.3) is 0 Å². The molecule has 120 valence electrons. The van der Waals surface area contributed by atoms with Crippen LogP contribution in [-0.4, -0.2) is 59.4 Å². The van der Waals surface area contributed by atoms with Gasteiger partial charge in [0.05, 0.1) is 38.1 Å². The predicted molar refractivity (Wildman–Crippen MR) is 76.7 cm³/mol. The van der Waals surface area contributed by atoms with Gasteiger partial charge in [-0.3, -0.25) is 0 Å². The number of aliphatic hydroxyl groups is 2. The van der Waals surface area contributed by atoms with Crippen LogP contribution in [0, 0.1) is 0 Å². The van der Waals surface area contributed by atoms with E-state index < -0.39 is 12.1 Å². The molecule has 0 aromatic rings. The smallest absolute Gasteiger partial charge is 0.330 e. The maximum Gasteiger partial charge on any atom is 0.330 e. The average molecular weight is 292 g/mol. The molecule has 6 nitrogen and oxygen atoms in total. The van der Waals surface area contributed by atoms with E-state index in [-0.39, 0.29) is 24.4 Å². The number of rotatable bonds is 9. The predicted octanol–water partition coefficient (Wildman–Crippen LogP) is 1.21. The van der Waals surface area contributed by atoms with Crippen molar-refractivity contribution < 1.29 is 29.6 Å². The minimum Gasteiger partial charge on any atom is -0.478 e. The fraction of sp³-hybridized carbons (Fsp3) is 0.786. The van der Waals surface area contributed by atoms with Crippen LogP contribution in [0.2, 0.25) is 0 Å². The van der Waals surface area contributed by atoms with E-state index in [1.54, 1.807) is 6.92 Å². The van der Waals surface area contributed by atoms with Crippen LogP contribution in [0.3, 0.4) is 0 Å². The molecule has 0 saturated carbocycles. The molecule has 0 amide bonds. The Morgan fingerprint density at radius 1 is 1.20 bits per heavy atom. The molecular formula is C14H28O6. The van der Waals surface area contributed by atoms with Crippen LogP contribution in [0.4, 0.5) is 0 Å². The van der Waals surface area contributed by atoms with Gasteiger partial charge in [0.1, 0.15) is 0 Å². The third kappa shape index (κ3) is 15.1. The van der Waals surface area contributed by atoms with E-state index in [0.717, 1.165) is 0 Å². The van der Waals surface area contributed by atoms with Crippen LogP contribution in [0.25, 0.3) is 0 Å². The minimum absolute atomic E-state index is 0.0182. The van der Waals surface area contributed by atoms with Gasteiger partial charge >= 0.3 is 5.97 Å². The molecule has 3 unspecified atom stereocenters. The van der Waals surface area contributed by atoms with Gasteiger partial charge in [-0.05, 0) is 27.2 Å². The van der Waals surface area contributed by atoms with Crippen molar-refractivity contribution in [1.29, 1.82) is 0 Å². The number of hydrogen-bond donors (Lipinski definition) is 3. The van der Waals surface area contributed by atoms with Gasteiger partial charge in [-0.1, -0.05) is 13.5 Å². The number of carbonyl (C=O) groups is 1. The first-order valence-electron chi connectivity index (χ1n) is 6.65. The Labute approximate surface area is 121 Å². The molecular weight excluding hydrogens is 264 g/mol. The third-order valence-corrected chi connectivity index (χ3v) is 2.28. The van der Waals surface area contributed by atoms with Gasteiger partial charge in [0.15, 0.2) is 0 Å². The van der Waals surface area contributed by atoms with Gasteiger partial charge in [-0.25, -0.2) is 4.79 Å². The van der Waals surface area contributed by atoms with Crippen molar-refractivity contribution in [2.45, 2.75) is 52.4 Å². The van der Waals surface area contributed by atoms with E-state index in [9.17, 15) is 9.90 Å². The molecule has 3 atom stereocenters. The van der Waals surface area contributed by atoms with Crippen molar-refractivity contribution in [2.75, 3.05) is 19.8 Å². The highest BCUT2D eigenvalue weighted by molar-refractivity contribution is 5.84. The highest BCUT2D eigenvalue weighted by atomic mass is 16.5. The van der Waals surface area contributed by atoms with Crippen molar-refractivity contribution in [3.63, 3.8) is 0 Å². The monoisotopic (exact) mass is 292 g/mol. The normalized spacial score (nSPS) is 14.7. The highest BCUT2D eigenvalue weighted by Gasteiger charge is 2.08. The maximum absolute atomic E-state index is 9.60. The second-order valence-corrected chi connectivity index (χ2v) is 4.62. The fourth-order valence-electron chi connectivity index (χ4n) is 0.794. The highest BCUT2D eigenvalue weighted by Crippen LogP contribution is 1.99. The number of aliphatic carboxylic acids is 1. The van der Waals surface area contributed by atoms with Gasteiger partial charge in [-0.15, -0.1) is 0 Å². The summed E-state index contributed by atoms with van der Waals surface area (Å²) in [6, 6.07) is 0. The molecule has 0 bridgehead atoms. The van der Waals surface area contributed by atoms with Crippen molar-refractivity contribution >= 4 is 5.97 Å². The van der Waals surface area contributed by atoms with E-state index in [0.29, 0.717) is 19.6 Å². The van der Waals surface area contributed by atoms with Crippen LogP contribution < -0.4 is 0 Å². The number of carboxylic acids is 1. The molecule has 0 fully saturated rings. The zero-order valence-corrected chi connectivity index (χ0v) is 12.8. The Hall–Kier alpha value is -0.950. The molecule has 0 aliphatic carbocycles. The van der Waals surface area contributed by atoms with Crippen molar-refractivity contribution in [3.8, 4) is 0 Å². The first-order chi connectivity index (χ1) is 9.24. The zero-order chi connectivity index (χ0) is 16.1. The first-order valence-corrected chi connectivity index (χ1v) is 6.65. The Kier molecular flexibility index (Phi) is 13.9. The lowest BCUT2D eigenvalue weighted by Crippen LogP contribution is -2.25. The van der Waals surface area contributed by atoms with Crippen molar-refractivity contribution in [2.24, 2.45) is 0 Å². The second-order valence-electron chi connectivity index (χ2n) is 4.62. The van der Waals surface area contributed by atoms with Gasteiger partial charge in [0.2, 0.25) is 0 Å². The summed E-state index contributed by atoms with van der Waals surface area (Å²) in [6.07, 6.45) is 0.0933.